The molecule has 104 valence electrons. The minimum atomic E-state index is -0.664. The standard InChI is InChI=1S/C11H20N2O5/c1-4-6-10(18-9(2)14)13(12-16)8-5-7-11(15)17-3/h10H,4-8H2,1-3H3. The van der Waals surface area contributed by atoms with Crippen LogP contribution in [0.25, 0.3) is 0 Å². The fraction of sp³-hybridized carbons (Fsp3) is 0.818. The largest absolute Gasteiger partial charge is 0.469 e. The van der Waals surface area contributed by atoms with Gasteiger partial charge in [0.1, 0.15) is 0 Å². The summed E-state index contributed by atoms with van der Waals surface area (Å²) in [6.07, 6.45) is 1.22. The van der Waals surface area contributed by atoms with E-state index in [9.17, 15) is 14.5 Å². The Kier molecular flexibility index (Phi) is 8.51. The Bertz CT molecular complexity index is 283. The molecule has 7 heteroatoms. The highest BCUT2D eigenvalue weighted by molar-refractivity contribution is 5.69. The van der Waals surface area contributed by atoms with Gasteiger partial charge in [-0.1, -0.05) is 13.3 Å². The van der Waals surface area contributed by atoms with Crippen LogP contribution in [-0.2, 0) is 19.1 Å². The molecule has 0 aliphatic heterocycles. The van der Waals surface area contributed by atoms with E-state index in [0.717, 1.165) is 11.4 Å². The molecule has 0 amide bonds. The van der Waals surface area contributed by atoms with Crippen LogP contribution in [0.3, 0.4) is 0 Å². The van der Waals surface area contributed by atoms with E-state index >= 15 is 0 Å². The van der Waals surface area contributed by atoms with Gasteiger partial charge in [-0.25, -0.2) is 5.01 Å². The maximum Gasteiger partial charge on any atom is 0.305 e. The first kappa shape index (κ1) is 16.3. The lowest BCUT2D eigenvalue weighted by molar-refractivity contribution is -0.158. The van der Waals surface area contributed by atoms with Gasteiger partial charge in [-0.2, -0.15) is 0 Å². The zero-order valence-electron chi connectivity index (χ0n) is 11.0. The molecule has 0 aliphatic carbocycles. The summed E-state index contributed by atoms with van der Waals surface area (Å²) in [5.74, 6) is -0.810. The fourth-order valence-electron chi connectivity index (χ4n) is 1.43. The molecule has 1 atom stereocenters. The van der Waals surface area contributed by atoms with Gasteiger partial charge in [0.25, 0.3) is 0 Å². The first-order valence-electron chi connectivity index (χ1n) is 5.89. The predicted octanol–water partition coefficient (Wildman–Crippen LogP) is 1.61. The molecule has 0 rings (SSSR count). The third kappa shape index (κ3) is 6.82. The van der Waals surface area contributed by atoms with Gasteiger partial charge in [0, 0.05) is 26.3 Å². The maximum absolute atomic E-state index is 10.9. The van der Waals surface area contributed by atoms with Gasteiger partial charge in [0.2, 0.25) is 0 Å². The third-order valence-electron chi connectivity index (χ3n) is 2.27. The van der Waals surface area contributed by atoms with E-state index in [4.69, 9.17) is 4.74 Å². The Labute approximate surface area is 106 Å². The molecule has 0 bridgehead atoms. The average molecular weight is 260 g/mol. The second-order valence-corrected chi connectivity index (χ2v) is 3.78. The Balaban J connectivity index is 4.27. The van der Waals surface area contributed by atoms with Crippen molar-refractivity contribution in [1.82, 2.24) is 5.01 Å². The van der Waals surface area contributed by atoms with Gasteiger partial charge < -0.3 is 9.47 Å². The van der Waals surface area contributed by atoms with Gasteiger partial charge in [-0.15, -0.1) is 4.91 Å². The molecule has 0 aromatic rings. The zero-order chi connectivity index (χ0) is 14.0. The van der Waals surface area contributed by atoms with Crippen LogP contribution in [0.1, 0.15) is 39.5 Å². The van der Waals surface area contributed by atoms with Crippen molar-refractivity contribution >= 4 is 11.9 Å². The van der Waals surface area contributed by atoms with Gasteiger partial charge in [0.15, 0.2) is 6.23 Å². The number of hydrogen-bond donors (Lipinski definition) is 0. The van der Waals surface area contributed by atoms with E-state index in [2.05, 4.69) is 10.0 Å². The topological polar surface area (TPSA) is 85.3 Å². The summed E-state index contributed by atoms with van der Waals surface area (Å²) < 4.78 is 9.49. The molecule has 0 spiro atoms. The molecule has 0 aromatic heterocycles. The highest BCUT2D eigenvalue weighted by Crippen LogP contribution is 2.11. The summed E-state index contributed by atoms with van der Waals surface area (Å²) in [6, 6.07) is 0. The number of carbonyl (C=O) groups is 2. The van der Waals surface area contributed by atoms with Crippen molar-refractivity contribution in [2.45, 2.75) is 45.8 Å². The summed E-state index contributed by atoms with van der Waals surface area (Å²) in [5, 5.41) is 3.98. The summed E-state index contributed by atoms with van der Waals surface area (Å²) in [7, 11) is 1.30. The molecular weight excluding hydrogens is 240 g/mol. The smallest absolute Gasteiger partial charge is 0.305 e. The predicted molar refractivity (Wildman–Crippen MR) is 64.2 cm³/mol. The van der Waals surface area contributed by atoms with Crippen molar-refractivity contribution in [3.63, 3.8) is 0 Å². The van der Waals surface area contributed by atoms with Crippen molar-refractivity contribution < 1.29 is 19.1 Å². The number of nitroso groups, excluding NO2 is 1. The van der Waals surface area contributed by atoms with E-state index in [1.165, 1.54) is 14.0 Å². The molecule has 0 saturated heterocycles. The lowest BCUT2D eigenvalue weighted by Crippen LogP contribution is -2.35. The van der Waals surface area contributed by atoms with Gasteiger partial charge in [-0.3, -0.25) is 9.59 Å². The number of hydrogen-bond acceptors (Lipinski definition) is 6. The highest BCUT2D eigenvalue weighted by Gasteiger charge is 2.20. The molecule has 0 N–H and O–H groups in total. The SMILES string of the molecule is CCCC(OC(C)=O)N(CCCC(=O)OC)N=O. The minimum absolute atomic E-state index is 0.196. The first-order valence-corrected chi connectivity index (χ1v) is 5.89. The number of methoxy groups -OCH3 is 1. The summed E-state index contributed by atoms with van der Waals surface area (Å²) >= 11 is 0. The molecule has 0 aliphatic rings. The van der Waals surface area contributed by atoms with E-state index < -0.39 is 12.2 Å². The van der Waals surface area contributed by atoms with Gasteiger partial charge in [-0.05, 0) is 6.42 Å². The quantitative estimate of drug-likeness (QED) is 0.271. The van der Waals surface area contributed by atoms with Crippen LogP contribution < -0.4 is 0 Å². The van der Waals surface area contributed by atoms with Crippen molar-refractivity contribution in [2.24, 2.45) is 5.29 Å². The van der Waals surface area contributed by atoms with Crippen molar-refractivity contribution in [2.75, 3.05) is 13.7 Å². The molecule has 1 unspecified atom stereocenters. The van der Waals surface area contributed by atoms with Gasteiger partial charge >= 0.3 is 11.9 Å². The van der Waals surface area contributed by atoms with E-state index in [0.29, 0.717) is 12.8 Å². The van der Waals surface area contributed by atoms with Crippen LogP contribution in [0.5, 0.6) is 0 Å². The maximum atomic E-state index is 10.9. The van der Waals surface area contributed by atoms with Crippen LogP contribution >= 0.6 is 0 Å². The van der Waals surface area contributed by atoms with E-state index in [-0.39, 0.29) is 18.9 Å². The Morgan fingerprint density at radius 2 is 2.06 bits per heavy atom. The lowest BCUT2D eigenvalue weighted by Gasteiger charge is -2.25. The van der Waals surface area contributed by atoms with Crippen LogP contribution in [-0.4, -0.2) is 36.8 Å². The van der Waals surface area contributed by atoms with Crippen LogP contribution in [0, 0.1) is 4.91 Å². The van der Waals surface area contributed by atoms with E-state index in [1.54, 1.807) is 0 Å². The van der Waals surface area contributed by atoms with E-state index in [1.807, 2.05) is 6.92 Å². The molecule has 0 heterocycles. The number of rotatable bonds is 9. The van der Waals surface area contributed by atoms with Gasteiger partial charge in [0.05, 0.1) is 12.4 Å². The Hall–Kier alpha value is -1.66. The van der Waals surface area contributed by atoms with Crippen LogP contribution in [0.2, 0.25) is 0 Å². The zero-order valence-corrected chi connectivity index (χ0v) is 11.0. The molecular formula is C11H20N2O5. The molecule has 0 radical (unpaired) electrons. The number of ether oxygens (including phenoxy) is 2. The summed E-state index contributed by atoms with van der Waals surface area (Å²) in [5.41, 5.74) is 0. The number of carbonyl (C=O) groups excluding carboxylic acids is 2. The molecule has 0 fully saturated rings. The Morgan fingerprint density at radius 3 is 2.50 bits per heavy atom. The van der Waals surface area contributed by atoms with Crippen molar-refractivity contribution in [3.8, 4) is 0 Å². The Morgan fingerprint density at radius 1 is 1.39 bits per heavy atom. The second-order valence-electron chi connectivity index (χ2n) is 3.78. The fourth-order valence-corrected chi connectivity index (χ4v) is 1.43. The third-order valence-corrected chi connectivity index (χ3v) is 2.27. The summed E-state index contributed by atoms with van der Waals surface area (Å²) in [6.45, 7) is 3.44. The van der Waals surface area contributed by atoms with Crippen molar-refractivity contribution in [1.29, 1.82) is 0 Å². The monoisotopic (exact) mass is 260 g/mol. The first-order chi connectivity index (χ1) is 8.54. The average Bonchev–Trinajstić information content (AvgIpc) is 2.33. The molecule has 7 nitrogen and oxygen atoms in total. The van der Waals surface area contributed by atoms with Crippen LogP contribution in [0.4, 0.5) is 0 Å². The number of esters is 2. The molecule has 18 heavy (non-hydrogen) atoms. The molecule has 0 aromatic carbocycles. The lowest BCUT2D eigenvalue weighted by atomic mass is 10.2. The van der Waals surface area contributed by atoms with Crippen molar-refractivity contribution in [3.05, 3.63) is 4.91 Å². The summed E-state index contributed by atoms with van der Waals surface area (Å²) in [4.78, 5) is 32.5. The highest BCUT2D eigenvalue weighted by atomic mass is 16.6. The molecule has 0 saturated carbocycles. The second kappa shape index (κ2) is 9.38. The van der Waals surface area contributed by atoms with Crippen LogP contribution in [0.15, 0.2) is 5.29 Å². The normalized spacial score (nSPS) is 11.5. The number of nitrogens with zero attached hydrogens (tertiary/aromatic N) is 2. The minimum Gasteiger partial charge on any atom is -0.469 e.